The Morgan fingerprint density at radius 2 is 2.21 bits per heavy atom. The molecule has 0 unspecified atom stereocenters. The van der Waals surface area contributed by atoms with Gasteiger partial charge in [0.1, 0.15) is 0 Å². The minimum atomic E-state index is -0.0161. The molecular weight excluding hydrogens is 322 g/mol. The predicted octanol–water partition coefficient (Wildman–Crippen LogP) is 2.56. The molecule has 0 saturated carbocycles. The summed E-state index contributed by atoms with van der Waals surface area (Å²) in [7, 11) is 0. The summed E-state index contributed by atoms with van der Waals surface area (Å²) in [6.07, 6.45) is 5.54. The molecule has 1 aromatic heterocycles. The highest BCUT2D eigenvalue weighted by Crippen LogP contribution is 2.24. The Balaban J connectivity index is 1.69. The molecule has 3 rings (SSSR count). The van der Waals surface area contributed by atoms with E-state index in [0.717, 1.165) is 30.2 Å². The first-order valence-corrected chi connectivity index (χ1v) is 9.23. The molecule has 24 heavy (non-hydrogen) atoms. The second kappa shape index (κ2) is 7.40. The van der Waals surface area contributed by atoms with E-state index in [4.69, 9.17) is 0 Å². The van der Waals surface area contributed by atoms with Crippen molar-refractivity contribution in [3.05, 3.63) is 41.7 Å². The van der Waals surface area contributed by atoms with E-state index < -0.39 is 0 Å². The van der Waals surface area contributed by atoms with Gasteiger partial charge in [0.05, 0.1) is 18.4 Å². The lowest BCUT2D eigenvalue weighted by molar-refractivity contribution is -0.129. The number of thioether (sulfide) groups is 1. The lowest BCUT2D eigenvalue weighted by Gasteiger charge is -2.22. The highest BCUT2D eigenvalue weighted by Gasteiger charge is 2.28. The summed E-state index contributed by atoms with van der Waals surface area (Å²) in [5.74, 6) is 0.421. The number of aliphatic hydroxyl groups excluding tert-OH is 1. The van der Waals surface area contributed by atoms with Gasteiger partial charge in [-0.25, -0.2) is 4.98 Å². The van der Waals surface area contributed by atoms with E-state index in [1.54, 1.807) is 11.1 Å². The fourth-order valence-electron chi connectivity index (χ4n) is 3.03. The van der Waals surface area contributed by atoms with Crippen LogP contribution in [0.1, 0.15) is 24.0 Å². The standard InChI is InChI=1S/C18H23N3O2S/c1-13-5-6-15(10-14(13)2)21-9-7-19-18(21)24-12-17(23)20-8-3-4-16(20)11-22/h5-7,9-10,16,22H,3-4,8,11-12H2,1-2H3/t16-/m1/s1. The number of amides is 1. The lowest BCUT2D eigenvalue weighted by atomic mass is 10.1. The van der Waals surface area contributed by atoms with Crippen LogP contribution >= 0.6 is 11.8 Å². The van der Waals surface area contributed by atoms with Crippen LogP contribution in [-0.2, 0) is 4.79 Å². The lowest BCUT2D eigenvalue weighted by Crippen LogP contribution is -2.38. The average Bonchev–Trinajstić information content (AvgIpc) is 3.23. The third-order valence-electron chi connectivity index (χ3n) is 4.61. The summed E-state index contributed by atoms with van der Waals surface area (Å²) in [5.41, 5.74) is 3.54. The predicted molar refractivity (Wildman–Crippen MR) is 95.6 cm³/mol. The number of nitrogens with zero attached hydrogens (tertiary/aromatic N) is 3. The number of carbonyl (C=O) groups is 1. The molecule has 128 valence electrons. The highest BCUT2D eigenvalue weighted by molar-refractivity contribution is 7.99. The van der Waals surface area contributed by atoms with E-state index in [0.29, 0.717) is 5.75 Å². The van der Waals surface area contributed by atoms with Crippen molar-refractivity contribution in [1.29, 1.82) is 0 Å². The third-order valence-corrected chi connectivity index (χ3v) is 5.56. The van der Waals surface area contributed by atoms with Crippen molar-refractivity contribution in [2.24, 2.45) is 0 Å². The van der Waals surface area contributed by atoms with Gasteiger partial charge in [-0.1, -0.05) is 17.8 Å². The van der Waals surface area contributed by atoms with Crippen molar-refractivity contribution in [3.8, 4) is 5.69 Å². The van der Waals surface area contributed by atoms with Crippen LogP contribution in [0.2, 0.25) is 0 Å². The quantitative estimate of drug-likeness (QED) is 0.846. The zero-order valence-electron chi connectivity index (χ0n) is 14.1. The van der Waals surface area contributed by atoms with Gasteiger partial charge in [0.15, 0.2) is 5.16 Å². The first kappa shape index (κ1) is 17.0. The molecule has 6 heteroatoms. The van der Waals surface area contributed by atoms with Gasteiger partial charge >= 0.3 is 0 Å². The molecule has 2 heterocycles. The third kappa shape index (κ3) is 3.49. The maximum absolute atomic E-state index is 12.4. The summed E-state index contributed by atoms with van der Waals surface area (Å²) in [6.45, 7) is 4.98. The first-order chi connectivity index (χ1) is 11.6. The molecule has 0 aliphatic carbocycles. The van der Waals surface area contributed by atoms with Gasteiger partial charge in [0.2, 0.25) is 5.91 Å². The van der Waals surface area contributed by atoms with Crippen LogP contribution in [0, 0.1) is 13.8 Å². The van der Waals surface area contributed by atoms with Crippen molar-refractivity contribution < 1.29 is 9.90 Å². The van der Waals surface area contributed by atoms with Crippen molar-refractivity contribution in [3.63, 3.8) is 0 Å². The Morgan fingerprint density at radius 3 is 2.96 bits per heavy atom. The van der Waals surface area contributed by atoms with Gasteiger partial charge in [-0.15, -0.1) is 0 Å². The normalized spacial score (nSPS) is 17.5. The molecular formula is C18H23N3O2S. The van der Waals surface area contributed by atoms with Gasteiger partial charge in [-0.05, 0) is 49.9 Å². The highest BCUT2D eigenvalue weighted by atomic mass is 32.2. The van der Waals surface area contributed by atoms with Crippen LogP contribution in [0.3, 0.4) is 0 Å². The van der Waals surface area contributed by atoms with Gasteiger partial charge in [0.25, 0.3) is 0 Å². The molecule has 1 amide bonds. The molecule has 5 nitrogen and oxygen atoms in total. The molecule has 1 aliphatic heterocycles. The number of rotatable bonds is 5. The largest absolute Gasteiger partial charge is 0.394 e. The Kier molecular flexibility index (Phi) is 5.26. The van der Waals surface area contributed by atoms with Crippen molar-refractivity contribution in [2.75, 3.05) is 18.9 Å². The molecule has 1 saturated heterocycles. The van der Waals surface area contributed by atoms with E-state index in [9.17, 15) is 9.90 Å². The minimum absolute atomic E-state index is 0.0161. The number of likely N-dealkylation sites (tertiary alicyclic amines) is 1. The van der Waals surface area contributed by atoms with Gasteiger partial charge in [-0.2, -0.15) is 0 Å². The Bertz CT molecular complexity index is 729. The number of aliphatic hydroxyl groups is 1. The topological polar surface area (TPSA) is 58.4 Å². The maximum atomic E-state index is 12.4. The Morgan fingerprint density at radius 1 is 1.38 bits per heavy atom. The Hall–Kier alpha value is -1.79. The Labute approximate surface area is 146 Å². The number of aromatic nitrogens is 2. The molecule has 1 aliphatic rings. The molecule has 1 atom stereocenters. The number of carbonyl (C=O) groups excluding carboxylic acids is 1. The van der Waals surface area contributed by atoms with Crippen molar-refractivity contribution in [1.82, 2.24) is 14.5 Å². The number of benzene rings is 1. The van der Waals surface area contributed by atoms with E-state index in [2.05, 4.69) is 37.0 Å². The monoisotopic (exact) mass is 345 g/mol. The van der Waals surface area contributed by atoms with Crippen molar-refractivity contribution >= 4 is 17.7 Å². The maximum Gasteiger partial charge on any atom is 0.233 e. The molecule has 2 aromatic rings. The summed E-state index contributed by atoms with van der Waals surface area (Å²) < 4.78 is 2.01. The number of hydrogen-bond acceptors (Lipinski definition) is 4. The fraction of sp³-hybridized carbons (Fsp3) is 0.444. The number of hydrogen-bond donors (Lipinski definition) is 1. The van der Waals surface area contributed by atoms with E-state index in [-0.39, 0.29) is 18.6 Å². The average molecular weight is 345 g/mol. The first-order valence-electron chi connectivity index (χ1n) is 8.24. The van der Waals surface area contributed by atoms with Crippen LogP contribution in [0.4, 0.5) is 0 Å². The van der Waals surface area contributed by atoms with Gasteiger partial charge in [0, 0.05) is 24.6 Å². The zero-order chi connectivity index (χ0) is 17.1. The van der Waals surface area contributed by atoms with Crippen LogP contribution < -0.4 is 0 Å². The fourth-order valence-corrected chi connectivity index (χ4v) is 3.89. The van der Waals surface area contributed by atoms with E-state index in [1.807, 2.05) is 10.8 Å². The molecule has 1 aromatic carbocycles. The number of aryl methyl sites for hydroxylation is 2. The van der Waals surface area contributed by atoms with E-state index >= 15 is 0 Å². The summed E-state index contributed by atoms with van der Waals surface area (Å²) >= 11 is 1.45. The second-order valence-electron chi connectivity index (χ2n) is 6.20. The summed E-state index contributed by atoms with van der Waals surface area (Å²) in [4.78, 5) is 18.6. The minimum Gasteiger partial charge on any atom is -0.394 e. The SMILES string of the molecule is Cc1ccc(-n2ccnc2SCC(=O)N2CCC[C@@H]2CO)cc1C. The molecule has 1 fully saturated rings. The summed E-state index contributed by atoms with van der Waals surface area (Å²) in [5, 5.41) is 10.2. The molecule has 0 radical (unpaired) electrons. The number of imidazole rings is 1. The van der Waals surface area contributed by atoms with Crippen LogP contribution in [-0.4, -0.2) is 50.4 Å². The van der Waals surface area contributed by atoms with Crippen LogP contribution in [0.5, 0.6) is 0 Å². The molecule has 0 spiro atoms. The van der Waals surface area contributed by atoms with Crippen LogP contribution in [0.25, 0.3) is 5.69 Å². The van der Waals surface area contributed by atoms with Gasteiger partial charge in [-0.3, -0.25) is 9.36 Å². The molecule has 0 bridgehead atoms. The second-order valence-corrected chi connectivity index (χ2v) is 7.15. The van der Waals surface area contributed by atoms with E-state index in [1.165, 1.54) is 22.9 Å². The van der Waals surface area contributed by atoms with Crippen LogP contribution in [0.15, 0.2) is 35.7 Å². The smallest absolute Gasteiger partial charge is 0.233 e. The van der Waals surface area contributed by atoms with Crippen molar-refractivity contribution in [2.45, 2.75) is 37.9 Å². The molecule has 1 N–H and O–H groups in total. The van der Waals surface area contributed by atoms with Gasteiger partial charge < -0.3 is 10.0 Å². The summed E-state index contributed by atoms with van der Waals surface area (Å²) in [6, 6.07) is 6.28. The zero-order valence-corrected chi connectivity index (χ0v) is 14.9.